The van der Waals surface area contributed by atoms with E-state index in [1.165, 1.54) is 4.90 Å². The van der Waals surface area contributed by atoms with Crippen LogP contribution in [0.1, 0.15) is 18.1 Å². The van der Waals surface area contributed by atoms with Crippen molar-refractivity contribution in [2.75, 3.05) is 13.2 Å². The van der Waals surface area contributed by atoms with Crippen molar-refractivity contribution in [1.29, 1.82) is 0 Å². The molecular weight excluding hydrogens is 495 g/mol. The maximum atomic E-state index is 13.4. The van der Waals surface area contributed by atoms with Gasteiger partial charge >= 0.3 is 0 Å². The Morgan fingerprint density at radius 2 is 1.68 bits per heavy atom. The Morgan fingerprint density at radius 3 is 2.35 bits per heavy atom. The normalized spacial score (nSPS) is 11.5. The second kappa shape index (κ2) is 12.7. The van der Waals surface area contributed by atoms with Gasteiger partial charge in [0.1, 0.15) is 11.8 Å². The van der Waals surface area contributed by atoms with Crippen LogP contribution in [0, 0.1) is 0 Å². The zero-order chi connectivity index (χ0) is 24.5. The van der Waals surface area contributed by atoms with Crippen molar-refractivity contribution in [3.05, 3.63) is 99.0 Å². The largest absolute Gasteiger partial charge is 0.484 e. The average molecular weight is 520 g/mol. The van der Waals surface area contributed by atoms with Crippen molar-refractivity contribution >= 4 is 46.6 Å². The standard InChI is InChI=1S/C26H25Cl3N2O3/c1-2-30-26(33)24(14-18-7-4-3-5-8-18)31(16-19-11-12-22(28)23(29)13-19)25(32)17-34-21-10-6-9-20(27)15-21/h3-13,15,24H,2,14,16-17H2,1H3,(H,30,33)/t24-/m0/s1. The second-order valence-electron chi connectivity index (χ2n) is 7.62. The van der Waals surface area contributed by atoms with Gasteiger partial charge in [0.05, 0.1) is 10.0 Å². The number of hydrogen-bond acceptors (Lipinski definition) is 3. The fraction of sp³-hybridized carbons (Fsp3) is 0.231. The minimum atomic E-state index is -0.757. The molecule has 3 aromatic carbocycles. The third kappa shape index (κ3) is 7.39. The van der Waals surface area contributed by atoms with E-state index in [0.29, 0.717) is 33.8 Å². The van der Waals surface area contributed by atoms with Crippen molar-refractivity contribution in [3.8, 4) is 5.75 Å². The first-order chi connectivity index (χ1) is 16.4. The van der Waals surface area contributed by atoms with E-state index in [9.17, 15) is 9.59 Å². The van der Waals surface area contributed by atoms with Gasteiger partial charge in [-0.25, -0.2) is 0 Å². The van der Waals surface area contributed by atoms with E-state index in [1.54, 1.807) is 42.5 Å². The lowest BCUT2D eigenvalue weighted by molar-refractivity contribution is -0.142. The topological polar surface area (TPSA) is 58.6 Å². The zero-order valence-electron chi connectivity index (χ0n) is 18.6. The van der Waals surface area contributed by atoms with Gasteiger partial charge in [0.15, 0.2) is 6.61 Å². The van der Waals surface area contributed by atoms with Crippen LogP contribution in [-0.2, 0) is 22.6 Å². The van der Waals surface area contributed by atoms with Crippen LogP contribution in [0.4, 0.5) is 0 Å². The Labute approximate surface area is 214 Å². The number of halogens is 3. The Balaban J connectivity index is 1.91. The van der Waals surface area contributed by atoms with Crippen LogP contribution in [0.15, 0.2) is 72.8 Å². The lowest BCUT2D eigenvalue weighted by Gasteiger charge is -2.31. The number of likely N-dealkylation sites (N-methyl/N-ethyl adjacent to an activating group) is 1. The SMILES string of the molecule is CCNC(=O)[C@H](Cc1ccccc1)N(Cc1ccc(Cl)c(Cl)c1)C(=O)COc1cccc(Cl)c1. The fourth-order valence-corrected chi connectivity index (χ4v) is 3.97. The summed E-state index contributed by atoms with van der Waals surface area (Å²) in [6, 6.07) is 20.7. The third-order valence-electron chi connectivity index (χ3n) is 5.12. The molecule has 0 aliphatic heterocycles. The molecule has 34 heavy (non-hydrogen) atoms. The van der Waals surface area contributed by atoms with Gasteiger partial charge in [-0.1, -0.05) is 77.3 Å². The molecule has 2 amide bonds. The predicted molar refractivity (Wildman–Crippen MR) is 137 cm³/mol. The maximum absolute atomic E-state index is 13.4. The molecule has 3 rings (SSSR count). The van der Waals surface area contributed by atoms with Crippen LogP contribution >= 0.6 is 34.8 Å². The van der Waals surface area contributed by atoms with Gasteiger partial charge < -0.3 is 15.0 Å². The number of nitrogens with one attached hydrogen (secondary N) is 1. The molecule has 0 aromatic heterocycles. The average Bonchev–Trinajstić information content (AvgIpc) is 2.83. The van der Waals surface area contributed by atoms with E-state index in [0.717, 1.165) is 11.1 Å². The summed E-state index contributed by atoms with van der Waals surface area (Å²) in [5.41, 5.74) is 1.68. The highest BCUT2D eigenvalue weighted by molar-refractivity contribution is 6.42. The number of carbonyl (C=O) groups is 2. The minimum Gasteiger partial charge on any atom is -0.484 e. The molecule has 1 N–H and O–H groups in total. The molecular formula is C26H25Cl3N2O3. The van der Waals surface area contributed by atoms with Gasteiger partial charge in [0, 0.05) is 24.5 Å². The smallest absolute Gasteiger partial charge is 0.261 e. The molecule has 0 heterocycles. The molecule has 0 radical (unpaired) electrons. The predicted octanol–water partition coefficient (Wildman–Crippen LogP) is 5.80. The molecule has 0 aliphatic carbocycles. The van der Waals surface area contributed by atoms with Gasteiger partial charge in [-0.05, 0) is 48.4 Å². The first-order valence-corrected chi connectivity index (χ1v) is 11.9. The number of hydrogen-bond donors (Lipinski definition) is 1. The zero-order valence-corrected chi connectivity index (χ0v) is 20.9. The van der Waals surface area contributed by atoms with Gasteiger partial charge in [0.25, 0.3) is 5.91 Å². The molecule has 8 heteroatoms. The summed E-state index contributed by atoms with van der Waals surface area (Å²) in [5.74, 6) is -0.131. The molecule has 0 spiro atoms. The summed E-state index contributed by atoms with van der Waals surface area (Å²) in [6.07, 6.45) is 0.344. The van der Waals surface area contributed by atoms with Crippen LogP contribution in [0.3, 0.4) is 0 Å². The quantitative estimate of drug-likeness (QED) is 0.368. The van der Waals surface area contributed by atoms with Crippen LogP contribution in [0.25, 0.3) is 0 Å². The number of rotatable bonds is 10. The molecule has 1 atom stereocenters. The Kier molecular flexibility index (Phi) is 9.63. The van der Waals surface area contributed by atoms with E-state index in [2.05, 4.69) is 5.32 Å². The van der Waals surface area contributed by atoms with Crippen molar-refractivity contribution in [3.63, 3.8) is 0 Å². The number of amides is 2. The molecule has 3 aromatic rings. The number of ether oxygens (including phenoxy) is 1. The third-order valence-corrected chi connectivity index (χ3v) is 6.09. The van der Waals surface area contributed by atoms with E-state index in [1.807, 2.05) is 37.3 Å². The van der Waals surface area contributed by atoms with Crippen molar-refractivity contribution in [2.45, 2.75) is 25.9 Å². The lowest BCUT2D eigenvalue weighted by atomic mass is 10.0. The fourth-order valence-electron chi connectivity index (χ4n) is 3.47. The van der Waals surface area contributed by atoms with Crippen LogP contribution in [0.2, 0.25) is 15.1 Å². The Morgan fingerprint density at radius 1 is 0.912 bits per heavy atom. The minimum absolute atomic E-state index is 0.156. The lowest BCUT2D eigenvalue weighted by Crippen LogP contribution is -2.51. The first-order valence-electron chi connectivity index (χ1n) is 10.8. The van der Waals surface area contributed by atoms with Gasteiger partial charge in [0.2, 0.25) is 5.91 Å². The summed E-state index contributed by atoms with van der Waals surface area (Å²) in [6.45, 7) is 2.18. The van der Waals surface area contributed by atoms with Crippen LogP contribution in [0.5, 0.6) is 5.75 Å². The Bertz CT molecular complexity index is 1130. The molecule has 0 fully saturated rings. The molecule has 0 saturated heterocycles. The second-order valence-corrected chi connectivity index (χ2v) is 8.87. The molecule has 5 nitrogen and oxygen atoms in total. The van der Waals surface area contributed by atoms with Crippen molar-refractivity contribution in [1.82, 2.24) is 10.2 Å². The molecule has 0 saturated carbocycles. The highest BCUT2D eigenvalue weighted by Gasteiger charge is 2.30. The number of nitrogens with zero attached hydrogens (tertiary/aromatic N) is 1. The van der Waals surface area contributed by atoms with Gasteiger partial charge in [-0.15, -0.1) is 0 Å². The summed E-state index contributed by atoms with van der Waals surface area (Å²) in [7, 11) is 0. The van der Waals surface area contributed by atoms with E-state index in [-0.39, 0.29) is 25.0 Å². The van der Waals surface area contributed by atoms with Crippen molar-refractivity contribution < 1.29 is 14.3 Å². The number of benzene rings is 3. The van der Waals surface area contributed by atoms with Gasteiger partial charge in [-0.2, -0.15) is 0 Å². The van der Waals surface area contributed by atoms with E-state index >= 15 is 0 Å². The maximum Gasteiger partial charge on any atom is 0.261 e. The van der Waals surface area contributed by atoms with Gasteiger partial charge in [-0.3, -0.25) is 9.59 Å². The summed E-state index contributed by atoms with van der Waals surface area (Å²) >= 11 is 18.3. The Hall–Kier alpha value is -2.73. The summed E-state index contributed by atoms with van der Waals surface area (Å²) < 4.78 is 5.70. The van der Waals surface area contributed by atoms with Crippen LogP contribution < -0.4 is 10.1 Å². The van der Waals surface area contributed by atoms with E-state index in [4.69, 9.17) is 39.5 Å². The van der Waals surface area contributed by atoms with E-state index < -0.39 is 6.04 Å². The molecule has 178 valence electrons. The van der Waals surface area contributed by atoms with Crippen LogP contribution in [-0.4, -0.2) is 35.9 Å². The number of carbonyl (C=O) groups excluding carboxylic acids is 2. The molecule has 0 unspecified atom stereocenters. The highest BCUT2D eigenvalue weighted by atomic mass is 35.5. The monoisotopic (exact) mass is 518 g/mol. The summed E-state index contributed by atoms with van der Waals surface area (Å²) in [4.78, 5) is 28.1. The van der Waals surface area contributed by atoms with Crippen molar-refractivity contribution in [2.24, 2.45) is 0 Å². The molecule has 0 bridgehead atoms. The molecule has 0 aliphatic rings. The highest BCUT2D eigenvalue weighted by Crippen LogP contribution is 2.24. The first kappa shape index (κ1) is 25.9. The summed E-state index contributed by atoms with van der Waals surface area (Å²) in [5, 5.41) is 4.14.